The van der Waals surface area contributed by atoms with Crippen LogP contribution in [-0.2, 0) is 0 Å². The Morgan fingerprint density at radius 2 is 1.33 bits per heavy atom. The normalized spacial score (nSPS) is 22.1. The van der Waals surface area contributed by atoms with Crippen molar-refractivity contribution in [1.29, 1.82) is 0 Å². The second-order valence-electron chi connectivity index (χ2n) is 20.9. The third-order valence-electron chi connectivity index (χ3n) is 10.4. The van der Waals surface area contributed by atoms with Gasteiger partial charge in [-0.15, -0.1) is 0 Å². The monoisotopic (exact) mass is 643 g/mol. The largest absolute Gasteiger partial charge is 0.349 e. The lowest BCUT2D eigenvalue weighted by Crippen LogP contribution is -2.65. The van der Waals surface area contributed by atoms with Gasteiger partial charge in [-0.05, 0) is 110 Å². The van der Waals surface area contributed by atoms with E-state index < -0.39 is 0 Å². The summed E-state index contributed by atoms with van der Waals surface area (Å²) in [6, 6.07) is 1.13. The van der Waals surface area contributed by atoms with Gasteiger partial charge >= 0.3 is 0 Å². The first-order chi connectivity index (χ1) is 20.7. The zero-order valence-corrected chi connectivity index (χ0v) is 33.4. The average Bonchev–Trinajstić information content (AvgIpc) is 2.77. The van der Waals surface area contributed by atoms with E-state index in [0.29, 0.717) is 28.9 Å². The van der Waals surface area contributed by atoms with E-state index in [1.54, 1.807) is 0 Å². The van der Waals surface area contributed by atoms with Gasteiger partial charge in [0.1, 0.15) is 5.82 Å². The maximum Gasteiger partial charge on any atom is 0.230 e. The van der Waals surface area contributed by atoms with Crippen LogP contribution in [0.5, 0.6) is 0 Å². The molecule has 1 saturated carbocycles. The number of anilines is 2. The lowest BCUT2D eigenvalue weighted by atomic mass is 9.63. The summed E-state index contributed by atoms with van der Waals surface area (Å²) in [7, 11) is 4.93. The Bertz CT molecular complexity index is 1110. The highest BCUT2D eigenvalue weighted by atomic mass is 15.3. The molecular weight excluding hydrogens is 566 g/mol. The SMILES string of the molecule is Cc1nc(NC(C)(C)CC(C)(C)C)nc(N(CCCCCC[N+](C)(C)C2CC(C)(C)NC(C)(C)C2)C2CC(C)(C)CC(C)(C)C2)n1. The molecule has 2 fully saturated rings. The number of hydrogen-bond donors (Lipinski definition) is 2. The quantitative estimate of drug-likeness (QED) is 0.165. The Labute approximate surface area is 285 Å². The lowest BCUT2D eigenvalue weighted by molar-refractivity contribution is -0.917. The van der Waals surface area contributed by atoms with Crippen molar-refractivity contribution in [2.75, 3.05) is 37.4 Å². The van der Waals surface area contributed by atoms with Crippen LogP contribution in [0.1, 0.15) is 160 Å². The number of quaternary nitrogens is 1. The van der Waals surface area contributed by atoms with E-state index >= 15 is 0 Å². The second kappa shape index (κ2) is 13.8. The van der Waals surface area contributed by atoms with E-state index in [-0.39, 0.29) is 22.0 Å². The van der Waals surface area contributed by atoms with Gasteiger partial charge in [-0.25, -0.2) is 0 Å². The van der Waals surface area contributed by atoms with E-state index in [1.807, 2.05) is 6.92 Å². The molecule has 7 nitrogen and oxygen atoms in total. The minimum atomic E-state index is -0.116. The number of hydrogen-bond acceptors (Lipinski definition) is 6. The van der Waals surface area contributed by atoms with E-state index in [0.717, 1.165) is 29.2 Å². The Morgan fingerprint density at radius 3 is 1.87 bits per heavy atom. The van der Waals surface area contributed by atoms with Crippen LogP contribution in [0.15, 0.2) is 0 Å². The van der Waals surface area contributed by atoms with Crippen LogP contribution in [0.25, 0.3) is 0 Å². The summed E-state index contributed by atoms with van der Waals surface area (Å²) < 4.78 is 1.12. The first-order valence-corrected chi connectivity index (χ1v) is 18.6. The molecule has 0 aromatic carbocycles. The standard InChI is InChI=1S/C39H76N7/c1-29-40-32(43-39(13,14)27-34(2,3)4)42-33(41-29)45(30-23-35(5,6)28-36(7,8)24-30)21-19-17-18-20-22-46(15,16)31-25-37(9,10)44-38(11,12)26-31/h30-31,44H,17-28H2,1-16H3,(H,40,41,42,43)/q+1. The molecule has 2 N–H and O–H groups in total. The van der Waals surface area contributed by atoms with Crippen LogP contribution in [0.2, 0.25) is 0 Å². The number of piperidine rings is 1. The summed E-state index contributed by atoms with van der Waals surface area (Å²) in [6.07, 6.45) is 12.1. The number of aryl methyl sites for hydroxylation is 1. The summed E-state index contributed by atoms with van der Waals surface area (Å²) in [5.41, 5.74) is 1.07. The molecule has 2 aliphatic rings. The van der Waals surface area contributed by atoms with Crippen LogP contribution in [0.4, 0.5) is 11.9 Å². The second-order valence-corrected chi connectivity index (χ2v) is 20.9. The Kier molecular flexibility index (Phi) is 11.7. The lowest BCUT2D eigenvalue weighted by Gasteiger charge is -2.51. The third kappa shape index (κ3) is 12.2. The van der Waals surface area contributed by atoms with Gasteiger partial charge < -0.3 is 20.0 Å². The Balaban J connectivity index is 1.71. The number of nitrogens with one attached hydrogen (secondary N) is 2. The zero-order chi connectivity index (χ0) is 35.0. The van der Waals surface area contributed by atoms with Gasteiger partial charge in [0.15, 0.2) is 0 Å². The molecule has 0 radical (unpaired) electrons. The number of rotatable bonds is 13. The average molecular weight is 643 g/mol. The topological polar surface area (TPSA) is 66.0 Å². The molecule has 1 aliphatic carbocycles. The van der Waals surface area contributed by atoms with Crippen LogP contribution in [-0.4, -0.2) is 75.3 Å². The molecule has 0 amide bonds. The predicted molar refractivity (Wildman–Crippen MR) is 199 cm³/mol. The minimum absolute atomic E-state index is 0.116. The minimum Gasteiger partial charge on any atom is -0.349 e. The molecule has 0 unspecified atom stereocenters. The molecule has 46 heavy (non-hydrogen) atoms. The van der Waals surface area contributed by atoms with Crippen LogP contribution in [0.3, 0.4) is 0 Å². The van der Waals surface area contributed by atoms with Gasteiger partial charge in [0.25, 0.3) is 0 Å². The molecule has 1 aliphatic heterocycles. The molecule has 1 saturated heterocycles. The maximum atomic E-state index is 5.13. The van der Waals surface area contributed by atoms with Crippen molar-refractivity contribution in [3.63, 3.8) is 0 Å². The van der Waals surface area contributed by atoms with Crippen molar-refractivity contribution in [3.8, 4) is 0 Å². The molecule has 0 spiro atoms. The molecule has 2 heterocycles. The van der Waals surface area contributed by atoms with Crippen LogP contribution < -0.4 is 15.5 Å². The van der Waals surface area contributed by atoms with Crippen molar-refractivity contribution >= 4 is 11.9 Å². The molecule has 1 aromatic heterocycles. The summed E-state index contributed by atoms with van der Waals surface area (Å²) in [5.74, 6) is 2.36. The molecule has 0 bridgehead atoms. The first kappa shape index (κ1) is 39.0. The molecule has 266 valence electrons. The van der Waals surface area contributed by atoms with E-state index in [4.69, 9.17) is 15.0 Å². The van der Waals surface area contributed by atoms with Crippen molar-refractivity contribution in [2.24, 2.45) is 16.2 Å². The van der Waals surface area contributed by atoms with E-state index in [9.17, 15) is 0 Å². The molecule has 3 rings (SSSR count). The Morgan fingerprint density at radius 1 is 0.783 bits per heavy atom. The highest BCUT2D eigenvalue weighted by molar-refractivity contribution is 5.40. The van der Waals surface area contributed by atoms with E-state index in [1.165, 1.54) is 64.3 Å². The summed E-state index contributed by atoms with van der Waals surface area (Å²) in [5, 5.41) is 7.56. The predicted octanol–water partition coefficient (Wildman–Crippen LogP) is 9.16. The number of unbranched alkanes of at least 4 members (excludes halogenated alkanes) is 3. The molecule has 1 aromatic rings. The third-order valence-corrected chi connectivity index (χ3v) is 10.4. The van der Waals surface area contributed by atoms with Crippen molar-refractivity contribution in [2.45, 2.75) is 190 Å². The van der Waals surface area contributed by atoms with Gasteiger partial charge in [-0.3, -0.25) is 0 Å². The van der Waals surface area contributed by atoms with Gasteiger partial charge in [0.2, 0.25) is 11.9 Å². The number of aromatic nitrogens is 3. The van der Waals surface area contributed by atoms with Crippen LogP contribution >= 0.6 is 0 Å². The Hall–Kier alpha value is -1.47. The van der Waals surface area contributed by atoms with Crippen LogP contribution in [0, 0.1) is 23.2 Å². The summed E-state index contributed by atoms with van der Waals surface area (Å²) in [6.45, 7) is 35.0. The van der Waals surface area contributed by atoms with Crippen molar-refractivity contribution in [1.82, 2.24) is 20.3 Å². The molecular formula is C39H76N7+. The molecule has 0 atom stereocenters. The van der Waals surface area contributed by atoms with Gasteiger partial charge in [-0.1, -0.05) is 54.9 Å². The van der Waals surface area contributed by atoms with Gasteiger partial charge in [0, 0.05) is 42.0 Å². The highest BCUT2D eigenvalue weighted by Crippen LogP contribution is 2.47. The fourth-order valence-electron chi connectivity index (χ4n) is 9.88. The number of nitrogens with zero attached hydrogens (tertiary/aromatic N) is 5. The maximum absolute atomic E-state index is 5.13. The van der Waals surface area contributed by atoms with Gasteiger partial charge in [-0.2, -0.15) is 15.0 Å². The smallest absolute Gasteiger partial charge is 0.230 e. The summed E-state index contributed by atoms with van der Waals surface area (Å²) >= 11 is 0. The highest BCUT2D eigenvalue weighted by Gasteiger charge is 2.44. The fraction of sp³-hybridized carbons (Fsp3) is 0.923. The van der Waals surface area contributed by atoms with Gasteiger partial charge in [0.05, 0.1) is 26.7 Å². The first-order valence-electron chi connectivity index (χ1n) is 18.6. The fourth-order valence-corrected chi connectivity index (χ4v) is 9.88. The van der Waals surface area contributed by atoms with E-state index in [2.05, 4.69) is 120 Å². The van der Waals surface area contributed by atoms with Crippen molar-refractivity contribution in [3.05, 3.63) is 5.82 Å². The zero-order valence-electron chi connectivity index (χ0n) is 33.4. The summed E-state index contributed by atoms with van der Waals surface area (Å²) in [4.78, 5) is 17.5. The molecule has 7 heteroatoms. The van der Waals surface area contributed by atoms with Crippen molar-refractivity contribution < 1.29 is 4.48 Å².